The van der Waals surface area contributed by atoms with Gasteiger partial charge in [-0.3, -0.25) is 4.79 Å². The number of nitrogens with one attached hydrogen (secondary N) is 1. The summed E-state index contributed by atoms with van der Waals surface area (Å²) in [4.78, 5) is 11.3. The highest BCUT2D eigenvalue weighted by Crippen LogP contribution is 2.37. The lowest BCUT2D eigenvalue weighted by molar-refractivity contribution is -0.123. The number of rotatable bonds is 3. The second-order valence-electron chi connectivity index (χ2n) is 4.68. The Bertz CT molecular complexity index is 198. The Morgan fingerprint density at radius 2 is 2.23 bits per heavy atom. The standard InChI is InChI=1S/C11H19NO/c1-8(9-3-2-4-9)7-10-5-6-12-11(10)13/h8-10H,2-7H2,1H3,(H,12,13). The predicted octanol–water partition coefficient (Wildman–Crippen LogP) is 1.95. The summed E-state index contributed by atoms with van der Waals surface area (Å²) >= 11 is 0. The van der Waals surface area contributed by atoms with E-state index >= 15 is 0 Å². The minimum atomic E-state index is 0.297. The van der Waals surface area contributed by atoms with Gasteiger partial charge in [0.25, 0.3) is 0 Å². The monoisotopic (exact) mass is 181 g/mol. The van der Waals surface area contributed by atoms with Crippen LogP contribution in [0.1, 0.15) is 39.0 Å². The summed E-state index contributed by atoms with van der Waals surface area (Å²) in [6, 6.07) is 0. The molecule has 0 aromatic heterocycles. The van der Waals surface area contributed by atoms with Gasteiger partial charge in [-0.15, -0.1) is 0 Å². The average molecular weight is 181 g/mol. The fraction of sp³-hybridized carbons (Fsp3) is 0.909. The molecule has 2 heteroatoms. The zero-order chi connectivity index (χ0) is 9.26. The molecule has 0 spiro atoms. The molecule has 2 fully saturated rings. The normalized spacial score (nSPS) is 31.2. The van der Waals surface area contributed by atoms with Crippen LogP contribution in [0.25, 0.3) is 0 Å². The van der Waals surface area contributed by atoms with Crippen LogP contribution in [0.2, 0.25) is 0 Å². The summed E-state index contributed by atoms with van der Waals surface area (Å²) < 4.78 is 0. The van der Waals surface area contributed by atoms with E-state index in [1.54, 1.807) is 0 Å². The SMILES string of the molecule is CC(CC1CCNC1=O)C1CCC1. The molecular formula is C11H19NO. The summed E-state index contributed by atoms with van der Waals surface area (Å²) in [5, 5.41) is 2.91. The largest absolute Gasteiger partial charge is 0.356 e. The molecule has 1 aliphatic heterocycles. The Morgan fingerprint density at radius 3 is 2.69 bits per heavy atom. The van der Waals surface area contributed by atoms with Crippen LogP contribution in [0.4, 0.5) is 0 Å². The number of hydrogen-bond acceptors (Lipinski definition) is 1. The predicted molar refractivity (Wildman–Crippen MR) is 52.2 cm³/mol. The topological polar surface area (TPSA) is 29.1 Å². The molecule has 2 atom stereocenters. The summed E-state index contributed by atoms with van der Waals surface area (Å²) in [6.45, 7) is 3.22. The van der Waals surface area contributed by atoms with Crippen LogP contribution in [0, 0.1) is 17.8 Å². The third-order valence-electron chi connectivity index (χ3n) is 3.77. The van der Waals surface area contributed by atoms with Gasteiger partial charge in [-0.05, 0) is 24.7 Å². The van der Waals surface area contributed by atoms with Gasteiger partial charge in [0.15, 0.2) is 0 Å². The van der Waals surface area contributed by atoms with Gasteiger partial charge in [0.05, 0.1) is 0 Å². The fourth-order valence-corrected chi connectivity index (χ4v) is 2.52. The van der Waals surface area contributed by atoms with Gasteiger partial charge < -0.3 is 5.32 Å². The van der Waals surface area contributed by atoms with Crippen molar-refractivity contribution >= 4 is 5.91 Å². The van der Waals surface area contributed by atoms with Crippen molar-refractivity contribution in [2.24, 2.45) is 17.8 Å². The molecule has 0 bridgehead atoms. The van der Waals surface area contributed by atoms with Crippen LogP contribution in [0.3, 0.4) is 0 Å². The van der Waals surface area contributed by atoms with Gasteiger partial charge in [-0.1, -0.05) is 26.2 Å². The summed E-state index contributed by atoms with van der Waals surface area (Å²) in [5.41, 5.74) is 0. The zero-order valence-corrected chi connectivity index (χ0v) is 8.38. The van der Waals surface area contributed by atoms with Gasteiger partial charge in [0.2, 0.25) is 5.91 Å². The lowest BCUT2D eigenvalue weighted by Gasteiger charge is -2.32. The van der Waals surface area contributed by atoms with E-state index in [4.69, 9.17) is 0 Å². The van der Waals surface area contributed by atoms with E-state index in [2.05, 4.69) is 12.2 Å². The number of carbonyl (C=O) groups excluding carboxylic acids is 1. The van der Waals surface area contributed by atoms with Crippen molar-refractivity contribution in [1.82, 2.24) is 5.32 Å². The molecule has 2 aliphatic rings. The van der Waals surface area contributed by atoms with Gasteiger partial charge in [0, 0.05) is 12.5 Å². The van der Waals surface area contributed by atoms with Crippen molar-refractivity contribution in [1.29, 1.82) is 0 Å². The first-order valence-corrected chi connectivity index (χ1v) is 5.55. The van der Waals surface area contributed by atoms with Crippen LogP contribution in [-0.2, 0) is 4.79 Å². The van der Waals surface area contributed by atoms with Crippen molar-refractivity contribution in [2.75, 3.05) is 6.54 Å². The highest BCUT2D eigenvalue weighted by atomic mass is 16.2. The van der Waals surface area contributed by atoms with Gasteiger partial charge >= 0.3 is 0 Å². The maximum atomic E-state index is 11.3. The van der Waals surface area contributed by atoms with Crippen LogP contribution < -0.4 is 5.32 Å². The highest BCUT2D eigenvalue weighted by molar-refractivity contribution is 5.80. The first kappa shape index (κ1) is 9.04. The van der Waals surface area contributed by atoms with Crippen LogP contribution >= 0.6 is 0 Å². The van der Waals surface area contributed by atoms with Gasteiger partial charge in [-0.2, -0.15) is 0 Å². The molecule has 2 rings (SSSR count). The first-order valence-electron chi connectivity index (χ1n) is 5.55. The molecule has 1 amide bonds. The molecule has 1 saturated carbocycles. The summed E-state index contributed by atoms with van der Waals surface area (Å²) in [7, 11) is 0. The number of carbonyl (C=O) groups is 1. The maximum absolute atomic E-state index is 11.3. The van der Waals surface area contributed by atoms with Crippen molar-refractivity contribution < 1.29 is 4.79 Å². The first-order chi connectivity index (χ1) is 6.27. The molecule has 1 N–H and O–H groups in total. The second-order valence-corrected chi connectivity index (χ2v) is 4.68. The minimum absolute atomic E-state index is 0.297. The molecule has 0 aromatic rings. The van der Waals surface area contributed by atoms with Crippen molar-refractivity contribution in [3.8, 4) is 0 Å². The van der Waals surface area contributed by atoms with Crippen LogP contribution in [0.15, 0.2) is 0 Å². The lowest BCUT2D eigenvalue weighted by atomic mass is 9.73. The average Bonchev–Trinajstić information content (AvgIpc) is 2.32. The van der Waals surface area contributed by atoms with Gasteiger partial charge in [0.1, 0.15) is 0 Å². The Morgan fingerprint density at radius 1 is 1.46 bits per heavy atom. The molecule has 13 heavy (non-hydrogen) atoms. The van der Waals surface area contributed by atoms with Crippen LogP contribution in [0.5, 0.6) is 0 Å². The second kappa shape index (κ2) is 3.69. The smallest absolute Gasteiger partial charge is 0.223 e. The van der Waals surface area contributed by atoms with E-state index < -0.39 is 0 Å². The number of amides is 1. The molecule has 74 valence electrons. The van der Waals surface area contributed by atoms with E-state index in [0.717, 1.165) is 31.2 Å². The van der Waals surface area contributed by atoms with E-state index in [1.807, 2.05) is 0 Å². The van der Waals surface area contributed by atoms with E-state index in [-0.39, 0.29) is 0 Å². The van der Waals surface area contributed by atoms with Gasteiger partial charge in [-0.25, -0.2) is 0 Å². The van der Waals surface area contributed by atoms with E-state index in [0.29, 0.717) is 11.8 Å². The Hall–Kier alpha value is -0.530. The molecule has 1 aliphatic carbocycles. The molecular weight excluding hydrogens is 162 g/mol. The highest BCUT2D eigenvalue weighted by Gasteiger charge is 2.30. The molecule has 0 radical (unpaired) electrons. The lowest BCUT2D eigenvalue weighted by Crippen LogP contribution is -2.25. The van der Waals surface area contributed by atoms with Crippen LogP contribution in [-0.4, -0.2) is 12.5 Å². The van der Waals surface area contributed by atoms with Crippen molar-refractivity contribution in [3.05, 3.63) is 0 Å². The number of hydrogen-bond donors (Lipinski definition) is 1. The molecule has 0 aromatic carbocycles. The van der Waals surface area contributed by atoms with E-state index in [1.165, 1.54) is 19.3 Å². The third-order valence-corrected chi connectivity index (χ3v) is 3.77. The Labute approximate surface area is 80.1 Å². The van der Waals surface area contributed by atoms with Crippen molar-refractivity contribution in [3.63, 3.8) is 0 Å². The zero-order valence-electron chi connectivity index (χ0n) is 8.38. The molecule has 2 unspecified atom stereocenters. The summed E-state index contributed by atoms with van der Waals surface area (Å²) in [6.07, 6.45) is 6.39. The van der Waals surface area contributed by atoms with E-state index in [9.17, 15) is 4.79 Å². The molecule has 1 saturated heterocycles. The maximum Gasteiger partial charge on any atom is 0.223 e. The summed E-state index contributed by atoms with van der Waals surface area (Å²) in [5.74, 6) is 2.32. The minimum Gasteiger partial charge on any atom is -0.356 e. The van der Waals surface area contributed by atoms with Crippen molar-refractivity contribution in [2.45, 2.75) is 39.0 Å². The molecule has 2 nitrogen and oxygen atoms in total. The third kappa shape index (κ3) is 1.87. The Kier molecular flexibility index (Phi) is 2.56. The molecule has 1 heterocycles. The fourth-order valence-electron chi connectivity index (χ4n) is 2.52. The Balaban J connectivity index is 1.79. The quantitative estimate of drug-likeness (QED) is 0.708.